The molecule has 0 heterocycles. The molecule has 5 heavy (non-hydrogen) atoms. The average Bonchev–Trinajstić information content (AvgIpc) is 0. The molecule has 0 bridgehead atoms. The van der Waals surface area contributed by atoms with Crippen LogP contribution in [0.3, 0.4) is 0 Å². The van der Waals surface area contributed by atoms with Gasteiger partial charge in [0.05, 0.1) is 0 Å². The molecule has 5 radical (unpaired) electrons. The van der Waals surface area contributed by atoms with Gasteiger partial charge in [-0.15, -0.1) is 0 Å². The maximum Gasteiger partial charge on any atom is 0 e. The quantitative estimate of drug-likeness (QED) is 0.530. The summed E-state index contributed by atoms with van der Waals surface area (Å²) in [5.74, 6) is 0. The fourth-order valence-corrected chi connectivity index (χ4v) is 0. The van der Waals surface area contributed by atoms with E-state index in [1.807, 2.05) is 0 Å². The van der Waals surface area contributed by atoms with Crippen LogP contribution in [0.4, 0.5) is 0 Å². The van der Waals surface area contributed by atoms with Crippen molar-refractivity contribution >= 4 is 8.41 Å². The second-order valence-electron chi connectivity index (χ2n) is 0. The summed E-state index contributed by atoms with van der Waals surface area (Å²) in [6, 6.07) is 0. The molecule has 0 spiro atoms. The molecule has 0 aromatic rings. The Bertz CT molecular complexity index is 11.6. The molecule has 0 aromatic heterocycles. The van der Waals surface area contributed by atoms with E-state index in [1.165, 1.54) is 0 Å². The summed E-state index contributed by atoms with van der Waals surface area (Å²) in [5.41, 5.74) is 0. The largest absolute Gasteiger partial charge is 0 e. The van der Waals surface area contributed by atoms with Crippen molar-refractivity contribution in [2.45, 2.75) is 0 Å². The van der Waals surface area contributed by atoms with Crippen molar-refractivity contribution < 1.29 is 91.8 Å². The van der Waals surface area contributed by atoms with Crippen LogP contribution in [0.15, 0.2) is 0 Å². The first-order valence-corrected chi connectivity index (χ1v) is 0. The van der Waals surface area contributed by atoms with Gasteiger partial charge in [0, 0.05) is 100 Å². The zero-order valence-electron chi connectivity index (χ0n) is 2.07. The van der Waals surface area contributed by atoms with E-state index in [9.17, 15) is 0 Å². The van der Waals surface area contributed by atoms with Crippen molar-refractivity contribution in [3.05, 3.63) is 0 Å². The molecule has 0 saturated carbocycles. The minimum absolute atomic E-state index is 0. The van der Waals surface area contributed by atoms with E-state index in [0.717, 1.165) is 0 Å². The van der Waals surface area contributed by atoms with Crippen LogP contribution in [-0.4, -0.2) is 8.41 Å². The van der Waals surface area contributed by atoms with Crippen molar-refractivity contribution in [2.75, 3.05) is 0 Å². The molecular formula is BCoCuFeNd. The molecule has 0 unspecified atom stereocenters. The van der Waals surface area contributed by atoms with Crippen LogP contribution in [0.2, 0.25) is 0 Å². The summed E-state index contributed by atoms with van der Waals surface area (Å²) in [6.07, 6.45) is 0. The average molecular weight is 333 g/mol. The Labute approximate surface area is 98.2 Å². The van der Waals surface area contributed by atoms with Gasteiger partial charge in [-0.1, -0.05) is 0 Å². The third-order valence-corrected chi connectivity index (χ3v) is 0. The molecule has 0 N–H and O–H groups in total. The minimum atomic E-state index is 0. The minimum Gasteiger partial charge on any atom is 0 e. The maximum atomic E-state index is 0. The Morgan fingerprint density at radius 1 is 1.00 bits per heavy atom. The summed E-state index contributed by atoms with van der Waals surface area (Å²) in [7, 11) is 0. The Hall–Kier alpha value is 2.96. The van der Waals surface area contributed by atoms with Gasteiger partial charge >= 0.3 is 0 Å². The molecule has 0 rings (SSSR count). The number of rotatable bonds is 0. The van der Waals surface area contributed by atoms with E-state index < -0.39 is 0 Å². The van der Waals surface area contributed by atoms with Crippen LogP contribution in [0.25, 0.3) is 0 Å². The Morgan fingerprint density at radius 2 is 1.00 bits per heavy atom. The summed E-state index contributed by atoms with van der Waals surface area (Å²) in [4.78, 5) is 0. The van der Waals surface area contributed by atoms with Gasteiger partial charge in [0.25, 0.3) is 0 Å². The van der Waals surface area contributed by atoms with E-state index in [2.05, 4.69) is 0 Å². The number of hydrogen-bond donors (Lipinski definition) is 0. The van der Waals surface area contributed by atoms with Gasteiger partial charge < -0.3 is 0 Å². The van der Waals surface area contributed by atoms with Crippen LogP contribution in [0, 0.1) is 40.8 Å². The van der Waals surface area contributed by atoms with Crippen molar-refractivity contribution in [3.8, 4) is 0 Å². The Morgan fingerprint density at radius 3 is 1.00 bits per heavy atom. The van der Waals surface area contributed by atoms with Crippen LogP contribution in [0.1, 0.15) is 0 Å². The first-order valence-electron chi connectivity index (χ1n) is 0. The Balaban J connectivity index is 0. The zero-order valence-corrected chi connectivity index (χ0v) is 8.36. The smallest absolute Gasteiger partial charge is 0 e. The molecule has 0 amide bonds. The summed E-state index contributed by atoms with van der Waals surface area (Å²) >= 11 is 0. The summed E-state index contributed by atoms with van der Waals surface area (Å²) < 4.78 is 0. The fraction of sp³-hybridized carbons (Fsp3) is 0. The van der Waals surface area contributed by atoms with E-state index in [4.69, 9.17) is 0 Å². The molecule has 0 aliphatic rings. The van der Waals surface area contributed by atoms with Crippen molar-refractivity contribution in [1.29, 1.82) is 0 Å². The van der Waals surface area contributed by atoms with Crippen molar-refractivity contribution in [2.24, 2.45) is 0 Å². The van der Waals surface area contributed by atoms with Gasteiger partial charge in [-0.05, 0) is 0 Å². The third-order valence-electron chi connectivity index (χ3n) is 0. The standard InChI is InChI=1S/B.Co.Cu.Fe.Nd. The molecule has 0 aliphatic carbocycles. The first kappa shape index (κ1) is 44.0. The van der Waals surface area contributed by atoms with Gasteiger partial charge in [-0.2, -0.15) is 0 Å². The first-order chi connectivity index (χ1) is 0. The predicted molar refractivity (Wildman–Crippen MR) is 5.75 cm³/mol. The zero-order chi connectivity index (χ0) is 0. The fourth-order valence-electron chi connectivity index (χ4n) is 0. The van der Waals surface area contributed by atoms with Gasteiger partial charge in [-0.3, -0.25) is 0 Å². The molecule has 0 nitrogen and oxygen atoms in total. The van der Waals surface area contributed by atoms with Crippen LogP contribution in [0.5, 0.6) is 0 Å². The van der Waals surface area contributed by atoms with Crippen LogP contribution < -0.4 is 0 Å². The second-order valence-corrected chi connectivity index (χ2v) is 0. The molecular weight excluding hydrogens is 333 g/mol. The third kappa shape index (κ3) is 19.5. The molecule has 5 heteroatoms. The van der Waals surface area contributed by atoms with Gasteiger partial charge in [0.15, 0.2) is 0 Å². The normalized spacial score (nSPS) is 0. The molecule has 35 valence electrons. The van der Waals surface area contributed by atoms with Gasteiger partial charge in [0.1, 0.15) is 0 Å². The number of hydrogen-bond acceptors (Lipinski definition) is 0. The summed E-state index contributed by atoms with van der Waals surface area (Å²) in [5, 5.41) is 0. The van der Waals surface area contributed by atoms with Crippen molar-refractivity contribution in [1.82, 2.24) is 0 Å². The van der Waals surface area contributed by atoms with Gasteiger partial charge in [-0.25, -0.2) is 0 Å². The predicted octanol–water partition coefficient (Wildman–Crippen LogP) is -0.388. The molecule has 0 aromatic carbocycles. The molecule has 0 saturated heterocycles. The second kappa shape index (κ2) is 28.2. The SMILES string of the molecule is [B].[Co].[Cu].[Fe].[Nd]. The van der Waals surface area contributed by atoms with E-state index in [0.29, 0.717) is 0 Å². The van der Waals surface area contributed by atoms with E-state index >= 15 is 0 Å². The molecule has 0 fully saturated rings. The van der Waals surface area contributed by atoms with Crippen LogP contribution in [-0.2, 0) is 50.9 Å². The maximum absolute atomic E-state index is 0. The van der Waals surface area contributed by atoms with E-state index in [1.54, 1.807) is 0 Å². The molecule has 0 atom stereocenters. The van der Waals surface area contributed by atoms with E-state index in [-0.39, 0.29) is 100 Å². The summed E-state index contributed by atoms with van der Waals surface area (Å²) in [6.45, 7) is 0. The molecule has 0 aliphatic heterocycles. The monoisotopic (exact) mass is 331 g/mol. The Kier molecular flexibility index (Phi) is 248. The van der Waals surface area contributed by atoms with Crippen molar-refractivity contribution in [3.63, 3.8) is 0 Å². The van der Waals surface area contributed by atoms with Crippen LogP contribution >= 0.6 is 0 Å². The topological polar surface area (TPSA) is 0 Å². The van der Waals surface area contributed by atoms with Gasteiger partial charge in [0.2, 0.25) is 0 Å².